The number of fused-ring (bicyclic) bond motifs is 1. The van der Waals surface area contributed by atoms with Gasteiger partial charge in [-0.2, -0.15) is 5.26 Å². The molecule has 6 rings (SSSR count). The predicted octanol–water partition coefficient (Wildman–Crippen LogP) is 9.64. The van der Waals surface area contributed by atoms with Gasteiger partial charge in [-0.25, -0.2) is 0 Å². The molecule has 4 aromatic carbocycles. The van der Waals surface area contributed by atoms with E-state index in [2.05, 4.69) is 107 Å². The lowest BCUT2D eigenvalue weighted by Crippen LogP contribution is -2.09. The van der Waals surface area contributed by atoms with Gasteiger partial charge in [0, 0.05) is 32.2 Å². The summed E-state index contributed by atoms with van der Waals surface area (Å²) in [5.41, 5.74) is 7.64. The molecule has 0 aliphatic rings. The molecule has 166 valence electrons. The third kappa shape index (κ3) is 4.02. The molecule has 0 saturated heterocycles. The summed E-state index contributed by atoms with van der Waals surface area (Å²) in [4.78, 5) is 3.53. The first-order valence-electron chi connectivity index (χ1n) is 11.3. The van der Waals surface area contributed by atoms with Crippen molar-refractivity contribution in [2.45, 2.75) is 0 Å². The van der Waals surface area contributed by atoms with Gasteiger partial charge in [0.05, 0.1) is 16.3 Å². The van der Waals surface area contributed by atoms with Crippen LogP contribution in [0.25, 0.3) is 31.0 Å². The lowest BCUT2D eigenvalue weighted by Gasteiger charge is -2.25. The van der Waals surface area contributed by atoms with Gasteiger partial charge in [0.25, 0.3) is 0 Å². The third-order valence-electron chi connectivity index (χ3n) is 6.01. The van der Waals surface area contributed by atoms with Crippen LogP contribution in [-0.4, -0.2) is 0 Å². The van der Waals surface area contributed by atoms with E-state index in [1.165, 1.54) is 25.4 Å². The number of hydrogen-bond acceptors (Lipinski definition) is 4. The Morgan fingerprint density at radius 2 is 1.17 bits per heavy atom. The maximum atomic E-state index is 9.22. The molecule has 0 aliphatic heterocycles. The van der Waals surface area contributed by atoms with Gasteiger partial charge in [-0.3, -0.25) is 0 Å². The van der Waals surface area contributed by atoms with Crippen molar-refractivity contribution in [3.05, 3.63) is 126 Å². The summed E-state index contributed by atoms with van der Waals surface area (Å²) >= 11 is 3.60. The zero-order chi connectivity index (χ0) is 23.6. The molecular weight excluding hydrogens is 464 g/mol. The molecule has 0 atom stereocenters. The predicted molar refractivity (Wildman–Crippen MR) is 150 cm³/mol. The van der Waals surface area contributed by atoms with E-state index in [0.717, 1.165) is 22.6 Å². The molecule has 35 heavy (non-hydrogen) atoms. The van der Waals surface area contributed by atoms with Crippen LogP contribution in [-0.2, 0) is 0 Å². The molecule has 0 amide bonds. The molecule has 0 N–H and O–H groups in total. The summed E-state index contributed by atoms with van der Waals surface area (Å²) in [5, 5.41) is 11.4. The number of rotatable bonds is 5. The summed E-state index contributed by atoms with van der Waals surface area (Å²) in [6, 6.07) is 42.1. The Labute approximate surface area is 212 Å². The van der Waals surface area contributed by atoms with Gasteiger partial charge in [-0.05, 0) is 71.1 Å². The topological polar surface area (TPSA) is 27.0 Å². The van der Waals surface area contributed by atoms with E-state index >= 15 is 0 Å². The van der Waals surface area contributed by atoms with Crippen molar-refractivity contribution < 1.29 is 0 Å². The van der Waals surface area contributed by atoms with Crippen molar-refractivity contribution in [3.63, 3.8) is 0 Å². The highest BCUT2D eigenvalue weighted by Gasteiger charge is 2.18. The van der Waals surface area contributed by atoms with Gasteiger partial charge in [-0.15, -0.1) is 22.7 Å². The van der Waals surface area contributed by atoms with Gasteiger partial charge < -0.3 is 4.90 Å². The van der Waals surface area contributed by atoms with Crippen LogP contribution in [0.1, 0.15) is 5.56 Å². The molecule has 0 spiro atoms. The second-order valence-corrected chi connectivity index (χ2v) is 10.1. The minimum atomic E-state index is 0.680. The zero-order valence-corrected chi connectivity index (χ0v) is 20.4. The average molecular weight is 485 g/mol. The molecular formula is C31H20N2S2. The number of thiophene rings is 2. The van der Waals surface area contributed by atoms with Crippen molar-refractivity contribution in [1.29, 1.82) is 5.26 Å². The Hall–Kier alpha value is -4.17. The summed E-state index contributed by atoms with van der Waals surface area (Å²) in [6.07, 6.45) is 0. The Morgan fingerprint density at radius 1 is 0.600 bits per heavy atom. The van der Waals surface area contributed by atoms with Crippen molar-refractivity contribution in [3.8, 4) is 27.6 Å². The van der Waals surface area contributed by atoms with E-state index in [1.54, 1.807) is 11.3 Å². The first kappa shape index (κ1) is 21.4. The number of anilines is 3. The smallest absolute Gasteiger partial charge is 0.0991 e. The second-order valence-electron chi connectivity index (χ2n) is 8.16. The summed E-state index contributed by atoms with van der Waals surface area (Å²) < 4.78 is 2.60. The van der Waals surface area contributed by atoms with Crippen LogP contribution >= 0.6 is 22.7 Å². The van der Waals surface area contributed by atoms with Gasteiger partial charge in [0.15, 0.2) is 0 Å². The van der Waals surface area contributed by atoms with Gasteiger partial charge in [0.1, 0.15) is 0 Å². The largest absolute Gasteiger partial charge is 0.311 e. The third-order valence-corrected chi connectivity index (χ3v) is 8.28. The Morgan fingerprint density at radius 3 is 1.77 bits per heavy atom. The fourth-order valence-corrected chi connectivity index (χ4v) is 6.77. The number of nitrogens with zero attached hydrogens (tertiary/aromatic N) is 2. The lowest BCUT2D eigenvalue weighted by molar-refractivity contribution is 1.28. The molecule has 0 saturated carbocycles. The van der Waals surface area contributed by atoms with Crippen molar-refractivity contribution in [2.24, 2.45) is 0 Å². The fourth-order valence-electron chi connectivity index (χ4n) is 4.36. The maximum Gasteiger partial charge on any atom is 0.0991 e. The van der Waals surface area contributed by atoms with E-state index < -0.39 is 0 Å². The van der Waals surface area contributed by atoms with Gasteiger partial charge in [0.2, 0.25) is 0 Å². The summed E-state index contributed by atoms with van der Waals surface area (Å²) in [5.74, 6) is 0. The number of hydrogen-bond donors (Lipinski definition) is 0. The van der Waals surface area contributed by atoms with E-state index in [-0.39, 0.29) is 0 Å². The Balaban J connectivity index is 1.44. The molecule has 2 nitrogen and oxygen atoms in total. The quantitative estimate of drug-likeness (QED) is 0.243. The minimum Gasteiger partial charge on any atom is -0.311 e. The number of benzene rings is 4. The SMILES string of the molecule is N#Cc1ccc(-c2c(-c3ccc(N(c4ccccc4)c4ccccc4)cc3)sc3ccsc23)cc1. The minimum absolute atomic E-state index is 0.680. The normalized spacial score (nSPS) is 10.8. The first-order valence-corrected chi connectivity index (χ1v) is 13.0. The van der Waals surface area contributed by atoms with Crippen LogP contribution in [0, 0.1) is 11.3 Å². The monoisotopic (exact) mass is 484 g/mol. The highest BCUT2D eigenvalue weighted by molar-refractivity contribution is 7.29. The van der Waals surface area contributed by atoms with Crippen LogP contribution in [0.15, 0.2) is 121 Å². The summed E-state index contributed by atoms with van der Waals surface area (Å²) in [6.45, 7) is 0. The van der Waals surface area contributed by atoms with Gasteiger partial charge >= 0.3 is 0 Å². The van der Waals surface area contributed by atoms with E-state index in [9.17, 15) is 5.26 Å². The fraction of sp³-hybridized carbons (Fsp3) is 0. The maximum absolute atomic E-state index is 9.22. The molecule has 0 aliphatic carbocycles. The van der Waals surface area contributed by atoms with Crippen molar-refractivity contribution in [1.82, 2.24) is 0 Å². The van der Waals surface area contributed by atoms with Crippen LogP contribution in [0.5, 0.6) is 0 Å². The van der Waals surface area contributed by atoms with Crippen molar-refractivity contribution in [2.75, 3.05) is 4.90 Å². The highest BCUT2D eigenvalue weighted by atomic mass is 32.1. The number of nitriles is 1. The molecule has 0 bridgehead atoms. The first-order chi connectivity index (χ1) is 17.3. The zero-order valence-electron chi connectivity index (χ0n) is 18.8. The number of para-hydroxylation sites is 2. The van der Waals surface area contributed by atoms with E-state index in [0.29, 0.717) is 5.56 Å². The van der Waals surface area contributed by atoms with Gasteiger partial charge in [-0.1, -0.05) is 60.7 Å². The molecule has 6 aromatic rings. The van der Waals surface area contributed by atoms with Crippen LogP contribution in [0.4, 0.5) is 17.1 Å². The lowest BCUT2D eigenvalue weighted by atomic mass is 10.0. The van der Waals surface area contributed by atoms with Crippen LogP contribution < -0.4 is 4.90 Å². The van der Waals surface area contributed by atoms with Crippen LogP contribution in [0.2, 0.25) is 0 Å². The van der Waals surface area contributed by atoms with Crippen LogP contribution in [0.3, 0.4) is 0 Å². The second kappa shape index (κ2) is 9.23. The molecule has 2 heterocycles. The van der Waals surface area contributed by atoms with E-state index in [4.69, 9.17) is 0 Å². The Kier molecular flexibility index (Phi) is 5.64. The van der Waals surface area contributed by atoms with E-state index in [1.807, 2.05) is 35.6 Å². The molecule has 0 unspecified atom stereocenters. The average Bonchev–Trinajstić information content (AvgIpc) is 3.52. The van der Waals surface area contributed by atoms with Crippen molar-refractivity contribution >= 4 is 49.1 Å². The molecule has 0 fully saturated rings. The summed E-state index contributed by atoms with van der Waals surface area (Å²) in [7, 11) is 0. The molecule has 4 heteroatoms. The standard InChI is InChI=1S/C31H20N2S2/c32-21-22-11-13-23(14-12-22)29-30(35-28-19-20-34-31(28)29)24-15-17-27(18-16-24)33(25-7-3-1-4-8-25)26-9-5-2-6-10-26/h1-20H. The highest BCUT2D eigenvalue weighted by Crippen LogP contribution is 2.47. The molecule has 0 radical (unpaired) electrons. The molecule has 2 aromatic heterocycles. The Bertz CT molecular complexity index is 1580.